The summed E-state index contributed by atoms with van der Waals surface area (Å²) in [6.45, 7) is 4.76. The number of nitrogens with zero attached hydrogens (tertiary/aromatic N) is 3. The van der Waals surface area contributed by atoms with Crippen molar-refractivity contribution in [1.29, 1.82) is 0 Å². The van der Waals surface area contributed by atoms with Gasteiger partial charge in [0.1, 0.15) is 4.83 Å². The molecule has 27 heavy (non-hydrogen) atoms. The first-order valence-corrected chi connectivity index (χ1v) is 9.73. The average Bonchev–Trinajstić information content (AvgIpc) is 3.13. The Labute approximate surface area is 161 Å². The maximum Gasteiger partial charge on any atom is 0.261 e. The first-order valence-electron chi connectivity index (χ1n) is 8.91. The van der Waals surface area contributed by atoms with Gasteiger partial charge in [0.25, 0.3) is 5.91 Å². The van der Waals surface area contributed by atoms with E-state index in [1.54, 1.807) is 0 Å². The molecule has 3 heterocycles. The van der Waals surface area contributed by atoms with Gasteiger partial charge in [-0.1, -0.05) is 30.3 Å². The van der Waals surface area contributed by atoms with Gasteiger partial charge in [0, 0.05) is 37.1 Å². The molecule has 0 unspecified atom stereocenters. The van der Waals surface area contributed by atoms with Crippen LogP contribution in [0.4, 0.5) is 5.95 Å². The van der Waals surface area contributed by atoms with E-state index in [4.69, 9.17) is 10.5 Å². The van der Waals surface area contributed by atoms with E-state index in [1.807, 2.05) is 36.4 Å². The first kappa shape index (κ1) is 17.8. The molecule has 0 spiro atoms. The van der Waals surface area contributed by atoms with Gasteiger partial charge in [0.05, 0.1) is 23.8 Å². The highest BCUT2D eigenvalue weighted by Gasteiger charge is 2.17. The summed E-state index contributed by atoms with van der Waals surface area (Å²) in [5, 5.41) is 3.84. The lowest BCUT2D eigenvalue weighted by atomic mass is 10.1. The molecule has 4 rings (SSSR count). The normalized spacial score (nSPS) is 15.1. The van der Waals surface area contributed by atoms with Crippen LogP contribution in [0.3, 0.4) is 0 Å². The fourth-order valence-electron chi connectivity index (χ4n) is 3.11. The highest BCUT2D eigenvalue weighted by Crippen LogP contribution is 2.32. The Morgan fingerprint density at radius 2 is 2.00 bits per heavy atom. The van der Waals surface area contributed by atoms with Crippen molar-refractivity contribution in [3.8, 4) is 11.3 Å². The minimum absolute atomic E-state index is 0.0937. The fourth-order valence-corrected chi connectivity index (χ4v) is 4.06. The Hall–Kier alpha value is -2.55. The topological polar surface area (TPSA) is 93.4 Å². The second-order valence-corrected chi connectivity index (χ2v) is 7.37. The Morgan fingerprint density at radius 3 is 2.78 bits per heavy atom. The number of benzene rings is 1. The van der Waals surface area contributed by atoms with Crippen molar-refractivity contribution in [1.82, 2.24) is 20.2 Å². The van der Waals surface area contributed by atoms with Crippen LogP contribution < -0.4 is 11.1 Å². The van der Waals surface area contributed by atoms with Crippen molar-refractivity contribution in [3.05, 3.63) is 41.3 Å². The zero-order chi connectivity index (χ0) is 18.6. The van der Waals surface area contributed by atoms with E-state index in [9.17, 15) is 4.79 Å². The molecular formula is C19H21N5O2S. The van der Waals surface area contributed by atoms with Gasteiger partial charge in [-0.25, -0.2) is 9.97 Å². The molecule has 0 bridgehead atoms. The van der Waals surface area contributed by atoms with Crippen LogP contribution in [0.5, 0.6) is 0 Å². The molecule has 2 aromatic heterocycles. The van der Waals surface area contributed by atoms with Crippen molar-refractivity contribution in [2.75, 3.05) is 45.1 Å². The Morgan fingerprint density at radius 1 is 1.22 bits per heavy atom. The van der Waals surface area contributed by atoms with E-state index >= 15 is 0 Å². The minimum atomic E-state index is -0.0937. The van der Waals surface area contributed by atoms with Crippen LogP contribution >= 0.6 is 11.3 Å². The van der Waals surface area contributed by atoms with Gasteiger partial charge in [-0.15, -0.1) is 11.3 Å². The molecule has 3 aromatic rings. The number of nitrogens with two attached hydrogens (primary N) is 1. The lowest BCUT2D eigenvalue weighted by molar-refractivity contribution is 0.0383. The third kappa shape index (κ3) is 4.08. The molecule has 140 valence electrons. The van der Waals surface area contributed by atoms with Gasteiger partial charge in [-0.05, 0) is 6.07 Å². The lowest BCUT2D eigenvalue weighted by Gasteiger charge is -2.26. The maximum atomic E-state index is 12.6. The summed E-state index contributed by atoms with van der Waals surface area (Å²) in [6.07, 6.45) is 0. The van der Waals surface area contributed by atoms with Crippen molar-refractivity contribution in [2.24, 2.45) is 0 Å². The van der Waals surface area contributed by atoms with E-state index in [-0.39, 0.29) is 11.9 Å². The average molecular weight is 383 g/mol. The molecule has 3 N–H and O–H groups in total. The zero-order valence-electron chi connectivity index (χ0n) is 14.9. The molecule has 1 aliphatic rings. The van der Waals surface area contributed by atoms with E-state index in [2.05, 4.69) is 20.2 Å². The van der Waals surface area contributed by atoms with E-state index in [1.165, 1.54) is 11.3 Å². The number of thiophene rings is 1. The standard InChI is InChI=1S/C19H21N5O2S/c20-19-22-16(13-4-2-1-3-5-13)14-12-15(27-18(14)23-19)17(25)21-6-7-24-8-10-26-11-9-24/h1-5,12H,6-11H2,(H,21,25)(H2,20,22,23). The van der Waals surface area contributed by atoms with Crippen LogP contribution in [0.25, 0.3) is 21.5 Å². The number of ether oxygens (including phenoxy) is 1. The highest BCUT2D eigenvalue weighted by molar-refractivity contribution is 7.20. The predicted octanol–water partition coefficient (Wildman–Crippen LogP) is 2.00. The Bertz CT molecular complexity index is 938. The van der Waals surface area contributed by atoms with Gasteiger partial charge in [-0.2, -0.15) is 0 Å². The number of hydrogen-bond acceptors (Lipinski definition) is 7. The van der Waals surface area contributed by atoms with E-state index in [0.29, 0.717) is 11.4 Å². The summed E-state index contributed by atoms with van der Waals surface area (Å²) in [5.74, 6) is 0.117. The number of carbonyl (C=O) groups is 1. The number of amides is 1. The van der Waals surface area contributed by atoms with Crippen molar-refractivity contribution in [3.63, 3.8) is 0 Å². The second-order valence-electron chi connectivity index (χ2n) is 6.34. The SMILES string of the molecule is Nc1nc(-c2ccccc2)c2cc(C(=O)NCCN3CCOCC3)sc2n1. The molecule has 0 atom stereocenters. The van der Waals surface area contributed by atoms with Crippen molar-refractivity contribution >= 4 is 33.4 Å². The molecule has 0 radical (unpaired) electrons. The zero-order valence-corrected chi connectivity index (χ0v) is 15.7. The van der Waals surface area contributed by atoms with Crippen LogP contribution in [0.15, 0.2) is 36.4 Å². The monoisotopic (exact) mass is 383 g/mol. The number of anilines is 1. The fraction of sp³-hybridized carbons (Fsp3) is 0.316. The number of nitrogen functional groups attached to an aromatic ring is 1. The number of aromatic nitrogens is 2. The molecule has 1 aliphatic heterocycles. The van der Waals surface area contributed by atoms with Gasteiger partial charge < -0.3 is 15.8 Å². The first-order chi connectivity index (χ1) is 13.2. The third-order valence-corrected chi connectivity index (χ3v) is 5.53. The third-order valence-electron chi connectivity index (χ3n) is 4.50. The molecule has 7 nitrogen and oxygen atoms in total. The van der Waals surface area contributed by atoms with Gasteiger partial charge >= 0.3 is 0 Å². The number of morpholine rings is 1. The quantitative estimate of drug-likeness (QED) is 0.700. The number of carbonyl (C=O) groups excluding carboxylic acids is 1. The second kappa shape index (κ2) is 7.99. The Balaban J connectivity index is 1.51. The molecule has 0 saturated carbocycles. The molecule has 8 heteroatoms. The summed E-state index contributed by atoms with van der Waals surface area (Å²) in [5.41, 5.74) is 7.58. The van der Waals surface area contributed by atoms with Crippen molar-refractivity contribution < 1.29 is 9.53 Å². The summed E-state index contributed by atoms with van der Waals surface area (Å²) in [6, 6.07) is 11.6. The van der Waals surface area contributed by atoms with Gasteiger partial charge in [0.2, 0.25) is 5.95 Å². The van der Waals surface area contributed by atoms with Crippen LogP contribution in [-0.4, -0.2) is 60.2 Å². The van der Waals surface area contributed by atoms with Crippen LogP contribution in [-0.2, 0) is 4.74 Å². The molecule has 1 amide bonds. The minimum Gasteiger partial charge on any atom is -0.379 e. The van der Waals surface area contributed by atoms with Crippen molar-refractivity contribution in [2.45, 2.75) is 0 Å². The number of nitrogens with one attached hydrogen (secondary N) is 1. The largest absolute Gasteiger partial charge is 0.379 e. The van der Waals surface area contributed by atoms with E-state index < -0.39 is 0 Å². The molecule has 0 aliphatic carbocycles. The molecule has 1 aromatic carbocycles. The molecule has 1 saturated heterocycles. The molecule has 1 fully saturated rings. The predicted molar refractivity (Wildman–Crippen MR) is 107 cm³/mol. The number of fused-ring (bicyclic) bond motifs is 1. The summed E-state index contributed by atoms with van der Waals surface area (Å²) in [7, 11) is 0. The van der Waals surface area contributed by atoms with Gasteiger partial charge in [0.15, 0.2) is 0 Å². The van der Waals surface area contributed by atoms with Crippen LogP contribution in [0.1, 0.15) is 9.67 Å². The highest BCUT2D eigenvalue weighted by atomic mass is 32.1. The maximum absolute atomic E-state index is 12.6. The number of rotatable bonds is 5. The summed E-state index contributed by atoms with van der Waals surface area (Å²) < 4.78 is 5.34. The molecular weight excluding hydrogens is 362 g/mol. The van der Waals surface area contributed by atoms with E-state index in [0.717, 1.165) is 54.3 Å². The van der Waals surface area contributed by atoms with Crippen LogP contribution in [0.2, 0.25) is 0 Å². The van der Waals surface area contributed by atoms with Gasteiger partial charge in [-0.3, -0.25) is 9.69 Å². The van der Waals surface area contributed by atoms with Crippen LogP contribution in [0, 0.1) is 0 Å². The lowest BCUT2D eigenvalue weighted by Crippen LogP contribution is -2.41. The Kier molecular flexibility index (Phi) is 5.28. The summed E-state index contributed by atoms with van der Waals surface area (Å²) in [4.78, 5) is 24.9. The number of hydrogen-bond donors (Lipinski definition) is 2. The smallest absolute Gasteiger partial charge is 0.261 e. The summed E-state index contributed by atoms with van der Waals surface area (Å²) >= 11 is 1.34.